The Morgan fingerprint density at radius 2 is 2.19 bits per heavy atom. The Balaban J connectivity index is 1.32. The lowest BCUT2D eigenvalue weighted by Crippen LogP contribution is -2.31. The fourth-order valence-electron chi connectivity index (χ4n) is 3.21. The summed E-state index contributed by atoms with van der Waals surface area (Å²) in [5.41, 5.74) is 6.79. The molecule has 3 N–H and O–H groups in total. The Morgan fingerprint density at radius 3 is 2.89 bits per heavy atom. The normalized spacial score (nSPS) is 17.3. The summed E-state index contributed by atoms with van der Waals surface area (Å²) in [7, 11) is 0. The van der Waals surface area contributed by atoms with Crippen LogP contribution in [0.2, 0.25) is 0 Å². The predicted octanol–water partition coefficient (Wildman–Crippen LogP) is 2.91. The van der Waals surface area contributed by atoms with Crippen LogP contribution in [0.4, 0.5) is 17.6 Å². The minimum Gasteiger partial charge on any atom is -0.492 e. The van der Waals surface area contributed by atoms with Crippen LogP contribution >= 0.6 is 11.3 Å². The zero-order valence-electron chi connectivity index (χ0n) is 15.2. The monoisotopic (exact) mass is 385 g/mol. The number of hydrogen-bond donors (Lipinski definition) is 2. The van der Waals surface area contributed by atoms with Crippen molar-refractivity contribution in [2.75, 3.05) is 30.7 Å². The molecule has 1 aliphatic rings. The molecular weight excluding hydrogens is 362 g/mol. The molecule has 0 bridgehead atoms. The molecule has 0 spiro atoms. The summed E-state index contributed by atoms with van der Waals surface area (Å²) >= 11 is 1.45. The van der Waals surface area contributed by atoms with E-state index in [1.807, 2.05) is 29.6 Å². The third-order valence-corrected chi connectivity index (χ3v) is 5.43. The van der Waals surface area contributed by atoms with E-state index >= 15 is 0 Å². The number of nitrogen functional groups attached to an aromatic ring is 1. The Hall–Kier alpha value is -2.65. The number of nitrogens with one attached hydrogen (secondary N) is 1. The van der Waals surface area contributed by atoms with Crippen LogP contribution in [-0.2, 0) is 0 Å². The number of likely N-dealkylation sites (tertiary alicyclic amines) is 1. The van der Waals surface area contributed by atoms with Crippen molar-refractivity contribution in [2.45, 2.75) is 25.8 Å². The molecule has 8 nitrogen and oxygen atoms in total. The molecule has 1 aromatic carbocycles. The van der Waals surface area contributed by atoms with Gasteiger partial charge in [0.05, 0.1) is 0 Å². The molecule has 1 fully saturated rings. The summed E-state index contributed by atoms with van der Waals surface area (Å²) in [5.74, 6) is 1.58. The molecule has 0 saturated carbocycles. The number of rotatable bonds is 7. The highest BCUT2D eigenvalue weighted by atomic mass is 32.1. The highest BCUT2D eigenvalue weighted by molar-refractivity contribution is 7.12. The molecule has 3 heterocycles. The summed E-state index contributed by atoms with van der Waals surface area (Å²) in [6.07, 6.45) is 4.28. The van der Waals surface area contributed by atoms with Crippen LogP contribution in [0.1, 0.15) is 19.8 Å². The molecule has 2 aromatic heterocycles. The SMILES string of the molecule is CC1CCCN1CCOc1ccc(Nc2nc(N)n(-c3nccs3)n2)cc1. The number of aromatic nitrogens is 4. The highest BCUT2D eigenvalue weighted by Crippen LogP contribution is 2.21. The van der Waals surface area contributed by atoms with Crippen molar-refractivity contribution in [3.05, 3.63) is 35.8 Å². The van der Waals surface area contributed by atoms with Crippen molar-refractivity contribution in [1.82, 2.24) is 24.6 Å². The smallest absolute Gasteiger partial charge is 0.248 e. The van der Waals surface area contributed by atoms with Crippen LogP contribution in [0.5, 0.6) is 5.75 Å². The van der Waals surface area contributed by atoms with E-state index in [1.165, 1.54) is 35.4 Å². The number of thiazole rings is 1. The molecule has 3 aromatic rings. The first-order valence-electron chi connectivity index (χ1n) is 9.05. The van der Waals surface area contributed by atoms with E-state index in [0.29, 0.717) is 29.7 Å². The molecule has 27 heavy (non-hydrogen) atoms. The predicted molar refractivity (Wildman–Crippen MR) is 107 cm³/mol. The number of hydrogen-bond acceptors (Lipinski definition) is 8. The van der Waals surface area contributed by atoms with Gasteiger partial charge in [0.1, 0.15) is 12.4 Å². The third-order valence-electron chi connectivity index (χ3n) is 4.68. The van der Waals surface area contributed by atoms with E-state index in [4.69, 9.17) is 10.5 Å². The maximum atomic E-state index is 5.92. The van der Waals surface area contributed by atoms with Gasteiger partial charge in [0, 0.05) is 29.9 Å². The number of nitrogens with two attached hydrogens (primary N) is 1. The topological polar surface area (TPSA) is 94.1 Å². The quantitative estimate of drug-likeness (QED) is 0.646. The maximum absolute atomic E-state index is 5.92. The molecule has 142 valence electrons. The maximum Gasteiger partial charge on any atom is 0.248 e. The van der Waals surface area contributed by atoms with Crippen LogP contribution < -0.4 is 15.8 Å². The third kappa shape index (κ3) is 4.20. The summed E-state index contributed by atoms with van der Waals surface area (Å²) in [6.45, 7) is 5.13. The van der Waals surface area contributed by atoms with E-state index in [0.717, 1.165) is 18.0 Å². The second kappa shape index (κ2) is 7.93. The first kappa shape index (κ1) is 17.7. The van der Waals surface area contributed by atoms with Gasteiger partial charge in [0.2, 0.25) is 17.0 Å². The molecule has 0 radical (unpaired) electrons. The molecule has 4 rings (SSSR count). The summed E-state index contributed by atoms with van der Waals surface area (Å²) in [6, 6.07) is 8.43. The number of ether oxygens (including phenoxy) is 1. The average molecular weight is 385 g/mol. The second-order valence-corrected chi connectivity index (χ2v) is 7.42. The molecule has 1 atom stereocenters. The first-order chi connectivity index (χ1) is 13.2. The molecule has 1 unspecified atom stereocenters. The van der Waals surface area contributed by atoms with Gasteiger partial charge in [-0.25, -0.2) is 4.98 Å². The van der Waals surface area contributed by atoms with E-state index < -0.39 is 0 Å². The van der Waals surface area contributed by atoms with Gasteiger partial charge < -0.3 is 15.8 Å². The minimum absolute atomic E-state index is 0.295. The van der Waals surface area contributed by atoms with E-state index in [9.17, 15) is 0 Å². The lowest BCUT2D eigenvalue weighted by Gasteiger charge is -2.20. The highest BCUT2D eigenvalue weighted by Gasteiger charge is 2.19. The molecule has 9 heteroatoms. The van der Waals surface area contributed by atoms with Crippen molar-refractivity contribution in [2.24, 2.45) is 0 Å². The molecule has 0 amide bonds. The van der Waals surface area contributed by atoms with Crippen LogP contribution in [0.25, 0.3) is 5.13 Å². The van der Waals surface area contributed by atoms with Gasteiger partial charge in [-0.15, -0.1) is 16.4 Å². The molecular formula is C18H23N7OS. The van der Waals surface area contributed by atoms with Crippen LogP contribution in [0.3, 0.4) is 0 Å². The molecule has 1 saturated heterocycles. The standard InChI is InChI=1S/C18H23N7OS/c1-13-3-2-9-24(13)10-11-26-15-6-4-14(5-7-15)21-17-22-16(19)25(23-17)18-20-8-12-27-18/h4-8,12-13H,2-3,9-11H2,1H3,(H3,19,21,22,23). The Labute approximate surface area is 162 Å². The van der Waals surface area contributed by atoms with Crippen molar-refractivity contribution in [1.29, 1.82) is 0 Å². The Kier molecular flexibility index (Phi) is 5.21. The summed E-state index contributed by atoms with van der Waals surface area (Å²) < 4.78 is 7.38. The van der Waals surface area contributed by atoms with E-state index in [2.05, 4.69) is 32.2 Å². The van der Waals surface area contributed by atoms with Gasteiger partial charge in [0.15, 0.2) is 0 Å². The Morgan fingerprint density at radius 1 is 1.33 bits per heavy atom. The van der Waals surface area contributed by atoms with Crippen molar-refractivity contribution >= 4 is 28.9 Å². The van der Waals surface area contributed by atoms with Gasteiger partial charge in [-0.3, -0.25) is 4.90 Å². The van der Waals surface area contributed by atoms with Crippen LogP contribution in [0, 0.1) is 0 Å². The van der Waals surface area contributed by atoms with Crippen LogP contribution in [0.15, 0.2) is 35.8 Å². The second-order valence-electron chi connectivity index (χ2n) is 6.55. The summed E-state index contributed by atoms with van der Waals surface area (Å²) in [5, 5.41) is 10.1. The van der Waals surface area contributed by atoms with Gasteiger partial charge in [-0.2, -0.15) is 9.67 Å². The zero-order valence-corrected chi connectivity index (χ0v) is 16.0. The number of benzene rings is 1. The lowest BCUT2D eigenvalue weighted by atomic mass is 10.2. The van der Waals surface area contributed by atoms with Crippen molar-refractivity contribution in [3.8, 4) is 10.9 Å². The van der Waals surface area contributed by atoms with Crippen molar-refractivity contribution in [3.63, 3.8) is 0 Å². The van der Waals surface area contributed by atoms with Gasteiger partial charge >= 0.3 is 0 Å². The number of nitrogens with zero attached hydrogens (tertiary/aromatic N) is 5. The Bertz CT molecular complexity index is 862. The van der Waals surface area contributed by atoms with Gasteiger partial charge in [-0.05, 0) is 50.6 Å². The largest absolute Gasteiger partial charge is 0.492 e. The van der Waals surface area contributed by atoms with Gasteiger partial charge in [-0.1, -0.05) is 0 Å². The molecule has 0 aliphatic carbocycles. The fourth-order valence-corrected chi connectivity index (χ4v) is 3.81. The summed E-state index contributed by atoms with van der Waals surface area (Å²) in [4.78, 5) is 10.9. The minimum atomic E-state index is 0.295. The van der Waals surface area contributed by atoms with E-state index in [1.54, 1.807) is 6.20 Å². The molecule has 1 aliphatic heterocycles. The lowest BCUT2D eigenvalue weighted by molar-refractivity contribution is 0.204. The van der Waals surface area contributed by atoms with Crippen LogP contribution in [-0.4, -0.2) is 50.4 Å². The van der Waals surface area contributed by atoms with Crippen molar-refractivity contribution < 1.29 is 4.74 Å². The average Bonchev–Trinajstić information content (AvgIpc) is 3.39. The number of anilines is 3. The van der Waals surface area contributed by atoms with E-state index in [-0.39, 0.29) is 0 Å². The fraction of sp³-hybridized carbons (Fsp3) is 0.389. The van der Waals surface area contributed by atoms with Gasteiger partial charge in [0.25, 0.3) is 0 Å². The zero-order chi connectivity index (χ0) is 18.6. The first-order valence-corrected chi connectivity index (χ1v) is 9.93.